The lowest BCUT2D eigenvalue weighted by molar-refractivity contribution is 0.0699. The van der Waals surface area contributed by atoms with Crippen molar-refractivity contribution in [2.75, 3.05) is 11.5 Å². The minimum atomic E-state index is -1.01. The van der Waals surface area contributed by atoms with Gasteiger partial charge < -0.3 is 16.6 Å². The van der Waals surface area contributed by atoms with Crippen LogP contribution in [0.1, 0.15) is 10.4 Å². The average Bonchev–Trinajstić information content (AvgIpc) is 2.61. The number of anilines is 2. The van der Waals surface area contributed by atoms with Gasteiger partial charge in [-0.1, -0.05) is 12.1 Å². The minimum absolute atomic E-state index is 0.162. The van der Waals surface area contributed by atoms with Gasteiger partial charge in [0.05, 0.1) is 0 Å². The van der Waals surface area contributed by atoms with E-state index in [1.807, 2.05) is 0 Å². The molecule has 0 amide bonds. The number of benzene rings is 1. The van der Waals surface area contributed by atoms with E-state index in [1.54, 1.807) is 29.6 Å². The maximum atomic E-state index is 11.0. The Morgan fingerprint density at radius 3 is 2.38 bits per heavy atom. The zero-order valence-corrected chi connectivity index (χ0v) is 9.12. The smallest absolute Gasteiger partial charge is 0.339 e. The Hall–Kier alpha value is -2.01. The van der Waals surface area contributed by atoms with Crippen molar-refractivity contribution in [2.45, 2.75) is 0 Å². The second-order valence-electron chi connectivity index (χ2n) is 3.32. The highest BCUT2D eigenvalue weighted by Gasteiger charge is 2.17. The van der Waals surface area contributed by atoms with Crippen molar-refractivity contribution in [3.63, 3.8) is 0 Å². The fourth-order valence-electron chi connectivity index (χ4n) is 1.47. The van der Waals surface area contributed by atoms with Crippen LogP contribution in [0, 0.1) is 0 Å². The van der Waals surface area contributed by atoms with Gasteiger partial charge in [-0.25, -0.2) is 4.79 Å². The molecule has 1 heterocycles. The van der Waals surface area contributed by atoms with Gasteiger partial charge in [0.25, 0.3) is 0 Å². The first-order valence-corrected chi connectivity index (χ1v) is 5.43. The van der Waals surface area contributed by atoms with Gasteiger partial charge >= 0.3 is 5.97 Å². The fourth-order valence-corrected chi connectivity index (χ4v) is 2.28. The summed E-state index contributed by atoms with van der Waals surface area (Å²) < 4.78 is 0. The quantitative estimate of drug-likeness (QED) is 0.695. The van der Waals surface area contributed by atoms with E-state index in [1.165, 1.54) is 11.3 Å². The Bertz CT molecular complexity index is 531. The average molecular weight is 234 g/mol. The number of nitrogens with two attached hydrogens (primary N) is 2. The Morgan fingerprint density at radius 1 is 1.19 bits per heavy atom. The summed E-state index contributed by atoms with van der Waals surface area (Å²) in [5.41, 5.74) is 13.4. The van der Waals surface area contributed by atoms with Gasteiger partial charge in [-0.2, -0.15) is 0 Å². The Morgan fingerprint density at radius 2 is 1.81 bits per heavy atom. The molecule has 0 saturated heterocycles. The van der Waals surface area contributed by atoms with Crippen molar-refractivity contribution in [1.82, 2.24) is 0 Å². The van der Waals surface area contributed by atoms with E-state index in [-0.39, 0.29) is 5.56 Å². The number of thiophene rings is 1. The topological polar surface area (TPSA) is 89.3 Å². The van der Waals surface area contributed by atoms with Crippen LogP contribution in [0.3, 0.4) is 0 Å². The standard InChI is InChI=1S/C11H10N2O2S/c12-7-3-1-6(2-4-7)8-5-16-10(13)9(8)11(14)15/h1-5H,12-13H2,(H,14,15). The highest BCUT2D eigenvalue weighted by molar-refractivity contribution is 7.14. The zero-order valence-electron chi connectivity index (χ0n) is 8.31. The van der Waals surface area contributed by atoms with E-state index in [0.717, 1.165) is 5.56 Å². The first-order chi connectivity index (χ1) is 7.59. The lowest BCUT2D eigenvalue weighted by Crippen LogP contribution is -2.00. The predicted molar refractivity (Wildman–Crippen MR) is 65.5 cm³/mol. The molecule has 16 heavy (non-hydrogen) atoms. The molecule has 0 spiro atoms. The first-order valence-electron chi connectivity index (χ1n) is 4.55. The number of rotatable bonds is 2. The maximum absolute atomic E-state index is 11.0. The summed E-state index contributed by atoms with van der Waals surface area (Å²) in [5, 5.41) is 11.1. The Labute approximate surface area is 96.1 Å². The predicted octanol–water partition coefficient (Wildman–Crippen LogP) is 2.28. The van der Waals surface area contributed by atoms with E-state index in [9.17, 15) is 4.79 Å². The Balaban J connectivity index is 2.56. The molecule has 1 aromatic heterocycles. The van der Waals surface area contributed by atoms with Crippen molar-refractivity contribution in [3.05, 3.63) is 35.2 Å². The van der Waals surface area contributed by atoms with E-state index >= 15 is 0 Å². The summed E-state index contributed by atoms with van der Waals surface area (Å²) in [4.78, 5) is 11.0. The molecule has 4 nitrogen and oxygen atoms in total. The van der Waals surface area contributed by atoms with Gasteiger partial charge in [0.15, 0.2) is 0 Å². The summed E-state index contributed by atoms with van der Waals surface area (Å²) >= 11 is 1.22. The molecule has 5 heteroatoms. The van der Waals surface area contributed by atoms with Gasteiger partial charge in [-0.3, -0.25) is 0 Å². The van der Waals surface area contributed by atoms with Crippen LogP contribution in [0.15, 0.2) is 29.6 Å². The first kappa shape index (κ1) is 10.5. The van der Waals surface area contributed by atoms with Crippen molar-refractivity contribution in [1.29, 1.82) is 0 Å². The van der Waals surface area contributed by atoms with Crippen LogP contribution in [-0.4, -0.2) is 11.1 Å². The second kappa shape index (κ2) is 3.86. The number of hydrogen-bond donors (Lipinski definition) is 3. The number of carbonyl (C=O) groups is 1. The summed E-state index contributed by atoms with van der Waals surface area (Å²) in [5.74, 6) is -1.01. The molecule has 82 valence electrons. The number of carboxylic acid groups (broad SMARTS) is 1. The normalized spacial score (nSPS) is 10.2. The molecule has 0 saturated carbocycles. The highest BCUT2D eigenvalue weighted by Crippen LogP contribution is 2.33. The molecule has 0 atom stereocenters. The third-order valence-electron chi connectivity index (χ3n) is 2.26. The fraction of sp³-hybridized carbons (Fsp3) is 0. The molecule has 0 radical (unpaired) electrons. The SMILES string of the molecule is Nc1ccc(-c2csc(N)c2C(=O)O)cc1. The number of aromatic carboxylic acids is 1. The van der Waals surface area contributed by atoms with Gasteiger partial charge in [0.1, 0.15) is 10.6 Å². The van der Waals surface area contributed by atoms with Crippen LogP contribution >= 0.6 is 11.3 Å². The molecule has 0 aliphatic rings. The van der Waals surface area contributed by atoms with E-state index in [0.29, 0.717) is 16.3 Å². The molecule has 2 aromatic rings. The monoisotopic (exact) mass is 234 g/mol. The van der Waals surface area contributed by atoms with Crippen molar-refractivity contribution in [3.8, 4) is 11.1 Å². The lowest BCUT2D eigenvalue weighted by atomic mass is 10.0. The molecule has 0 aliphatic carbocycles. The van der Waals surface area contributed by atoms with Crippen LogP contribution < -0.4 is 11.5 Å². The summed E-state index contributed by atoms with van der Waals surface area (Å²) in [6, 6.07) is 7.02. The number of carboxylic acids is 1. The van der Waals surface area contributed by atoms with E-state index in [2.05, 4.69) is 0 Å². The van der Waals surface area contributed by atoms with E-state index in [4.69, 9.17) is 16.6 Å². The van der Waals surface area contributed by atoms with Gasteiger partial charge in [0, 0.05) is 16.6 Å². The van der Waals surface area contributed by atoms with Crippen molar-refractivity contribution >= 4 is 28.0 Å². The van der Waals surface area contributed by atoms with Crippen molar-refractivity contribution in [2.24, 2.45) is 0 Å². The summed E-state index contributed by atoms with van der Waals surface area (Å²) in [6.45, 7) is 0. The molecule has 0 bridgehead atoms. The molecule has 1 aromatic carbocycles. The highest BCUT2D eigenvalue weighted by atomic mass is 32.1. The molecule has 0 unspecified atom stereocenters. The molecule has 0 fully saturated rings. The number of nitrogen functional groups attached to an aromatic ring is 2. The largest absolute Gasteiger partial charge is 0.478 e. The summed E-state index contributed by atoms with van der Waals surface area (Å²) in [7, 11) is 0. The van der Waals surface area contributed by atoms with Gasteiger partial charge in [-0.15, -0.1) is 11.3 Å². The second-order valence-corrected chi connectivity index (χ2v) is 4.23. The molecule has 5 N–H and O–H groups in total. The third kappa shape index (κ3) is 1.72. The molecular weight excluding hydrogens is 224 g/mol. The van der Waals surface area contributed by atoms with Crippen LogP contribution in [0.25, 0.3) is 11.1 Å². The van der Waals surface area contributed by atoms with E-state index < -0.39 is 5.97 Å². The van der Waals surface area contributed by atoms with Crippen LogP contribution in [0.5, 0.6) is 0 Å². The van der Waals surface area contributed by atoms with Crippen LogP contribution in [0.2, 0.25) is 0 Å². The van der Waals surface area contributed by atoms with Gasteiger partial charge in [0.2, 0.25) is 0 Å². The van der Waals surface area contributed by atoms with Crippen LogP contribution in [-0.2, 0) is 0 Å². The third-order valence-corrected chi connectivity index (χ3v) is 3.07. The van der Waals surface area contributed by atoms with Gasteiger partial charge in [-0.05, 0) is 17.7 Å². The van der Waals surface area contributed by atoms with Crippen LogP contribution in [0.4, 0.5) is 10.7 Å². The summed E-state index contributed by atoms with van der Waals surface area (Å²) in [6.07, 6.45) is 0. The lowest BCUT2D eigenvalue weighted by Gasteiger charge is -2.01. The zero-order chi connectivity index (χ0) is 11.7. The molecule has 0 aliphatic heterocycles. The number of hydrogen-bond acceptors (Lipinski definition) is 4. The maximum Gasteiger partial charge on any atom is 0.339 e. The Kier molecular flexibility index (Phi) is 2.54. The molecular formula is C11H10N2O2S. The minimum Gasteiger partial charge on any atom is -0.478 e. The van der Waals surface area contributed by atoms with Crippen molar-refractivity contribution < 1.29 is 9.90 Å². The molecule has 2 rings (SSSR count).